The second-order valence-electron chi connectivity index (χ2n) is 7.91. The monoisotopic (exact) mass is 469 g/mol. The second-order valence-corrected chi connectivity index (χ2v) is 7.91. The molecule has 2 unspecified atom stereocenters. The molecule has 34 heavy (non-hydrogen) atoms. The van der Waals surface area contributed by atoms with Gasteiger partial charge in [-0.15, -0.1) is 0 Å². The molecule has 0 spiro atoms. The van der Waals surface area contributed by atoms with Crippen LogP contribution in [0, 0.1) is 17.2 Å². The molecule has 2 aliphatic rings. The van der Waals surface area contributed by atoms with Crippen molar-refractivity contribution in [2.75, 3.05) is 12.0 Å². The summed E-state index contributed by atoms with van der Waals surface area (Å²) < 4.78 is 44.7. The van der Waals surface area contributed by atoms with Crippen LogP contribution in [0.3, 0.4) is 0 Å². The summed E-state index contributed by atoms with van der Waals surface area (Å²) in [5.41, 5.74) is 0.183. The van der Waals surface area contributed by atoms with Crippen LogP contribution >= 0.6 is 0 Å². The van der Waals surface area contributed by atoms with Gasteiger partial charge in [0.1, 0.15) is 0 Å². The number of hydrogen-bond acceptors (Lipinski definition) is 5. The molecule has 0 saturated carbocycles. The van der Waals surface area contributed by atoms with E-state index < -0.39 is 41.5 Å². The third-order valence-corrected chi connectivity index (χ3v) is 5.85. The number of methoxy groups -OCH3 is 1. The number of ketones is 1. The third kappa shape index (κ3) is 4.12. The van der Waals surface area contributed by atoms with Gasteiger partial charge in [-0.2, -0.15) is 18.4 Å². The number of urea groups is 1. The van der Waals surface area contributed by atoms with Gasteiger partial charge in [0, 0.05) is 24.1 Å². The first kappa shape index (κ1) is 23.0. The molecule has 10 heteroatoms. The lowest BCUT2D eigenvalue weighted by Crippen LogP contribution is -2.51. The van der Waals surface area contributed by atoms with Gasteiger partial charge in [0.15, 0.2) is 5.78 Å². The molecule has 0 bridgehead atoms. The SMILES string of the molecule is COC(=O)C1CC(=O)C2=C(C1)N(c1cccc(C(F)(F)F)c1)C(=O)NC2c1ccc(C#N)cc1. The summed E-state index contributed by atoms with van der Waals surface area (Å²) in [5.74, 6) is -1.95. The summed E-state index contributed by atoms with van der Waals surface area (Å²) in [6.45, 7) is 0. The minimum absolute atomic E-state index is 0.0653. The maximum absolute atomic E-state index is 13.3. The largest absolute Gasteiger partial charge is 0.469 e. The van der Waals surface area contributed by atoms with E-state index in [0.717, 1.165) is 17.0 Å². The topological polar surface area (TPSA) is 99.5 Å². The number of carbonyl (C=O) groups is 3. The Hall–Kier alpha value is -4.13. The van der Waals surface area contributed by atoms with Gasteiger partial charge in [0.2, 0.25) is 0 Å². The smallest absolute Gasteiger partial charge is 0.416 e. The fraction of sp³-hybridized carbons (Fsp3) is 0.250. The number of ether oxygens (including phenoxy) is 1. The second kappa shape index (κ2) is 8.67. The Kier molecular flexibility index (Phi) is 5.87. The predicted octanol–water partition coefficient (Wildman–Crippen LogP) is 4.25. The van der Waals surface area contributed by atoms with Gasteiger partial charge in [-0.25, -0.2) is 4.79 Å². The number of carbonyl (C=O) groups excluding carboxylic acids is 3. The van der Waals surface area contributed by atoms with Crippen LogP contribution in [0.25, 0.3) is 0 Å². The molecule has 174 valence electrons. The van der Waals surface area contributed by atoms with Crippen molar-refractivity contribution in [2.45, 2.75) is 25.1 Å². The molecule has 4 rings (SSSR count). The zero-order valence-corrected chi connectivity index (χ0v) is 17.8. The lowest BCUT2D eigenvalue weighted by atomic mass is 9.79. The van der Waals surface area contributed by atoms with Crippen LogP contribution in [0.5, 0.6) is 0 Å². The zero-order valence-electron chi connectivity index (χ0n) is 17.8. The van der Waals surface area contributed by atoms with Crippen molar-refractivity contribution in [3.8, 4) is 6.07 Å². The van der Waals surface area contributed by atoms with E-state index in [1.54, 1.807) is 12.1 Å². The number of halogens is 3. The quantitative estimate of drug-likeness (QED) is 0.678. The molecule has 1 aliphatic carbocycles. The Labute approximate surface area is 192 Å². The zero-order chi connectivity index (χ0) is 24.6. The van der Waals surface area contributed by atoms with Crippen LogP contribution in [0.4, 0.5) is 23.7 Å². The summed E-state index contributed by atoms with van der Waals surface area (Å²) in [6, 6.07) is 10.8. The number of hydrogen-bond donors (Lipinski definition) is 1. The van der Waals surface area contributed by atoms with Crippen LogP contribution in [0.1, 0.15) is 35.6 Å². The normalized spacial score (nSPS) is 20.4. The van der Waals surface area contributed by atoms with Gasteiger partial charge < -0.3 is 10.1 Å². The average Bonchev–Trinajstić information content (AvgIpc) is 2.82. The summed E-state index contributed by atoms with van der Waals surface area (Å²) in [6.07, 6.45) is -4.86. The Morgan fingerprint density at radius 2 is 1.85 bits per heavy atom. The molecule has 0 radical (unpaired) electrons. The van der Waals surface area contributed by atoms with E-state index in [1.165, 1.54) is 31.4 Å². The number of allylic oxidation sites excluding steroid dienone is 1. The van der Waals surface area contributed by atoms with E-state index in [-0.39, 0.29) is 29.8 Å². The highest BCUT2D eigenvalue weighted by Crippen LogP contribution is 2.42. The summed E-state index contributed by atoms with van der Waals surface area (Å²) >= 11 is 0. The van der Waals surface area contributed by atoms with E-state index in [4.69, 9.17) is 10.00 Å². The molecule has 2 aromatic carbocycles. The number of nitrogens with zero attached hydrogens (tertiary/aromatic N) is 2. The van der Waals surface area contributed by atoms with Crippen LogP contribution in [-0.2, 0) is 20.5 Å². The maximum atomic E-state index is 13.3. The summed E-state index contributed by atoms with van der Waals surface area (Å²) in [5, 5.41) is 11.7. The molecular formula is C24H18F3N3O4. The van der Waals surface area contributed by atoms with Crippen molar-refractivity contribution in [1.82, 2.24) is 5.32 Å². The van der Waals surface area contributed by atoms with E-state index in [9.17, 15) is 27.6 Å². The Balaban J connectivity index is 1.87. The minimum Gasteiger partial charge on any atom is -0.469 e. The molecular weight excluding hydrogens is 451 g/mol. The van der Waals surface area contributed by atoms with Gasteiger partial charge in [-0.1, -0.05) is 18.2 Å². The number of amides is 2. The Morgan fingerprint density at radius 3 is 2.47 bits per heavy atom. The van der Waals surface area contributed by atoms with Gasteiger partial charge in [0.25, 0.3) is 0 Å². The van der Waals surface area contributed by atoms with Crippen LogP contribution in [0.2, 0.25) is 0 Å². The minimum atomic E-state index is -4.64. The Bertz CT molecular complexity index is 1250. The molecule has 0 fully saturated rings. The van der Waals surface area contributed by atoms with Gasteiger partial charge in [-0.05, 0) is 35.9 Å². The number of rotatable bonds is 3. The van der Waals surface area contributed by atoms with Crippen LogP contribution < -0.4 is 10.2 Å². The first-order chi connectivity index (χ1) is 16.1. The number of esters is 1. The number of nitriles is 1. The van der Waals surface area contributed by atoms with E-state index >= 15 is 0 Å². The molecule has 1 aliphatic heterocycles. The fourth-order valence-corrected chi connectivity index (χ4v) is 4.26. The van der Waals surface area contributed by atoms with E-state index in [2.05, 4.69) is 5.32 Å². The fourth-order valence-electron chi connectivity index (χ4n) is 4.26. The van der Waals surface area contributed by atoms with Crippen molar-refractivity contribution < 1.29 is 32.3 Å². The van der Waals surface area contributed by atoms with Crippen molar-refractivity contribution >= 4 is 23.5 Å². The first-order valence-electron chi connectivity index (χ1n) is 10.3. The highest BCUT2D eigenvalue weighted by Gasteiger charge is 2.44. The number of benzene rings is 2. The molecule has 2 atom stereocenters. The predicted molar refractivity (Wildman–Crippen MR) is 113 cm³/mol. The highest BCUT2D eigenvalue weighted by atomic mass is 19.4. The average molecular weight is 469 g/mol. The number of nitrogens with one attached hydrogen (secondary N) is 1. The highest BCUT2D eigenvalue weighted by molar-refractivity contribution is 6.08. The third-order valence-electron chi connectivity index (χ3n) is 5.85. The molecule has 1 N–H and O–H groups in total. The van der Waals surface area contributed by atoms with Gasteiger partial charge in [0.05, 0.1) is 42.0 Å². The molecule has 2 aromatic rings. The lowest BCUT2D eigenvalue weighted by Gasteiger charge is -2.40. The number of anilines is 1. The first-order valence-corrected chi connectivity index (χ1v) is 10.3. The summed E-state index contributed by atoms with van der Waals surface area (Å²) in [7, 11) is 1.18. The Morgan fingerprint density at radius 1 is 1.15 bits per heavy atom. The standard InChI is InChI=1S/C24H18F3N3O4/c1-34-22(32)15-9-18-20(19(31)10-15)21(14-7-5-13(12-28)6-8-14)29-23(33)30(18)17-4-2-3-16(11-17)24(25,26)27/h2-8,11,15,21H,9-10H2,1H3,(H,29,33). The van der Waals surface area contributed by atoms with Gasteiger partial charge in [-0.3, -0.25) is 14.5 Å². The number of alkyl halides is 3. The maximum Gasteiger partial charge on any atom is 0.416 e. The summed E-state index contributed by atoms with van der Waals surface area (Å²) in [4.78, 5) is 39.6. The van der Waals surface area contributed by atoms with Gasteiger partial charge >= 0.3 is 18.2 Å². The molecule has 7 nitrogen and oxygen atoms in total. The molecule has 0 aromatic heterocycles. The lowest BCUT2D eigenvalue weighted by molar-refractivity contribution is -0.147. The van der Waals surface area contributed by atoms with E-state index in [0.29, 0.717) is 11.1 Å². The molecule has 2 amide bonds. The van der Waals surface area contributed by atoms with Crippen molar-refractivity contribution in [1.29, 1.82) is 5.26 Å². The van der Waals surface area contributed by atoms with Crippen molar-refractivity contribution in [2.24, 2.45) is 5.92 Å². The molecule has 0 saturated heterocycles. The van der Waals surface area contributed by atoms with Crippen molar-refractivity contribution in [3.63, 3.8) is 0 Å². The van der Waals surface area contributed by atoms with Crippen LogP contribution in [0.15, 0.2) is 59.8 Å². The van der Waals surface area contributed by atoms with Crippen molar-refractivity contribution in [3.05, 3.63) is 76.5 Å². The molecule has 1 heterocycles. The van der Waals surface area contributed by atoms with E-state index in [1.807, 2.05) is 6.07 Å². The van der Waals surface area contributed by atoms with Crippen LogP contribution in [-0.4, -0.2) is 24.9 Å². The number of Topliss-reactive ketones (excluding diaryl/α,β-unsaturated/α-hetero) is 1.